The van der Waals surface area contributed by atoms with E-state index in [1.807, 2.05) is 0 Å². The van der Waals surface area contributed by atoms with Gasteiger partial charge in [-0.15, -0.1) is 0 Å². The molecule has 0 N–H and O–H groups in total. The Bertz CT molecular complexity index is 2750. The number of carbonyl (C=O) groups excluding carboxylic acids is 4. The number of aromatic nitrogens is 6. The number of imidazole rings is 2. The van der Waals surface area contributed by atoms with Crippen molar-refractivity contribution in [2.24, 2.45) is 11.8 Å². The van der Waals surface area contributed by atoms with E-state index >= 15 is 0 Å². The zero-order valence-electron chi connectivity index (χ0n) is 31.8. The molecule has 2 aromatic carbocycles. The number of fused-ring (bicyclic) bond motifs is 6. The number of hydrogen-bond donors (Lipinski definition) is 0. The van der Waals surface area contributed by atoms with Crippen molar-refractivity contribution in [2.75, 3.05) is 12.5 Å². The third-order valence-electron chi connectivity index (χ3n) is 10.8. The van der Waals surface area contributed by atoms with Crippen molar-refractivity contribution < 1.29 is 45.5 Å². The minimum atomic E-state index is -4.02. The number of esters is 2. The van der Waals surface area contributed by atoms with Crippen LogP contribution >= 0.6 is 0 Å². The Kier molecular flexibility index (Phi) is 9.58. The number of rotatable bonds is 10. The summed E-state index contributed by atoms with van der Waals surface area (Å²) in [5.74, 6) is -2.82. The lowest BCUT2D eigenvalue weighted by Gasteiger charge is -2.30. The summed E-state index contributed by atoms with van der Waals surface area (Å²) in [5, 5.41) is 0.775. The number of para-hydroxylation sites is 2. The summed E-state index contributed by atoms with van der Waals surface area (Å²) in [6, 6.07) is 13.1. The van der Waals surface area contributed by atoms with Crippen LogP contribution in [0.25, 0.3) is 21.8 Å². The molecule has 2 aliphatic carbocycles. The van der Waals surface area contributed by atoms with Gasteiger partial charge in [-0.25, -0.2) is 44.3 Å². The fourth-order valence-electron chi connectivity index (χ4n) is 8.33. The lowest BCUT2D eigenvalue weighted by atomic mass is 9.83. The molecule has 6 aromatic rings. The molecule has 0 saturated carbocycles. The summed E-state index contributed by atoms with van der Waals surface area (Å²) in [7, 11) is -8.04. The molecule has 0 spiro atoms. The number of nitrogens with zero attached hydrogens (tertiary/aromatic N) is 6. The molecule has 58 heavy (non-hydrogen) atoms. The molecule has 4 unspecified atom stereocenters. The predicted octanol–water partition coefficient (Wildman–Crippen LogP) is 4.45. The van der Waals surface area contributed by atoms with Gasteiger partial charge >= 0.3 is 11.9 Å². The molecule has 300 valence electrons. The van der Waals surface area contributed by atoms with Crippen LogP contribution in [0, 0.1) is 25.7 Å². The van der Waals surface area contributed by atoms with E-state index in [9.17, 15) is 36.0 Å². The summed E-state index contributed by atoms with van der Waals surface area (Å²) in [5.41, 5.74) is 0.761. The van der Waals surface area contributed by atoms with E-state index in [2.05, 4.69) is 9.97 Å². The molecule has 0 saturated heterocycles. The Hall–Kier alpha value is -6.14. The summed E-state index contributed by atoms with van der Waals surface area (Å²) in [6.07, 6.45) is 7.70. The van der Waals surface area contributed by atoms with Gasteiger partial charge in [-0.3, -0.25) is 9.59 Å². The van der Waals surface area contributed by atoms with Crippen molar-refractivity contribution in [1.29, 1.82) is 0 Å². The van der Waals surface area contributed by atoms with E-state index in [-0.39, 0.29) is 71.0 Å². The predicted molar refractivity (Wildman–Crippen MR) is 210 cm³/mol. The van der Waals surface area contributed by atoms with Gasteiger partial charge in [0.15, 0.2) is 11.6 Å². The summed E-state index contributed by atoms with van der Waals surface area (Å²) < 4.78 is 70.3. The van der Waals surface area contributed by atoms with Crippen molar-refractivity contribution in [3.63, 3.8) is 0 Å². The van der Waals surface area contributed by atoms with Crippen molar-refractivity contribution in [1.82, 2.24) is 27.0 Å². The van der Waals surface area contributed by atoms with Crippen molar-refractivity contribution in [3.8, 4) is 0 Å². The minimum Gasteiger partial charge on any atom is -0.453 e. The molecule has 0 bridgehead atoms. The molecule has 4 heterocycles. The maximum atomic E-state index is 14.1. The van der Waals surface area contributed by atoms with Crippen LogP contribution in [0.1, 0.15) is 68.8 Å². The molecule has 18 heteroatoms. The van der Waals surface area contributed by atoms with Gasteiger partial charge in [-0.1, -0.05) is 36.4 Å². The first-order valence-electron chi connectivity index (χ1n) is 18.3. The zero-order valence-corrected chi connectivity index (χ0v) is 33.4. The van der Waals surface area contributed by atoms with Crippen LogP contribution in [0.5, 0.6) is 0 Å². The van der Waals surface area contributed by atoms with Crippen LogP contribution in [-0.4, -0.2) is 79.9 Å². The molecule has 8 rings (SSSR count). The Morgan fingerprint density at radius 3 is 1.40 bits per heavy atom. The number of ether oxygens (including phenoxy) is 2. The maximum absolute atomic E-state index is 14.1. The monoisotopic (exact) mass is 826 g/mol. The van der Waals surface area contributed by atoms with Gasteiger partial charge in [-0.05, 0) is 26.0 Å². The average Bonchev–Trinajstić information content (AvgIpc) is 3.94. The fourth-order valence-corrected chi connectivity index (χ4v) is 10.5. The molecule has 0 fully saturated rings. The largest absolute Gasteiger partial charge is 0.453 e. The normalized spacial score (nSPS) is 19.8. The van der Waals surface area contributed by atoms with Gasteiger partial charge in [0, 0.05) is 85.5 Å². The number of ketones is 2. The molecular formula is C40H38N6O10S2. The first-order valence-corrected chi connectivity index (χ1v) is 22.0. The number of carbonyl (C=O) groups is 4. The standard InChI is InChI=1S/C40H38N6O10S2/c1-23-41-15-17-43(23)21-25-19-31(37-35(39(25)49)27-9-5-7-11-29(27)45(37)57(3,51)52)55-33(47)13-14-34(48)56-32-20-26(22-44-18-16-42-24(44)2)40(50)36-28-10-6-8-12-30(28)46(38(32)36)58(4,53)54/h5-18,25-26,31-32H,19-22H2,1-4H3/b14-13-. The first-order chi connectivity index (χ1) is 27.5. The summed E-state index contributed by atoms with van der Waals surface area (Å²) >= 11 is 0. The van der Waals surface area contributed by atoms with Gasteiger partial charge in [-0.2, -0.15) is 0 Å². The van der Waals surface area contributed by atoms with Gasteiger partial charge in [0.05, 0.1) is 46.1 Å². The number of aryl methyl sites for hydroxylation is 2. The van der Waals surface area contributed by atoms with E-state index in [1.54, 1.807) is 96.3 Å². The van der Waals surface area contributed by atoms with Crippen molar-refractivity contribution in [2.45, 2.75) is 52.0 Å². The van der Waals surface area contributed by atoms with E-state index in [1.165, 1.54) is 0 Å². The van der Waals surface area contributed by atoms with Crippen LogP contribution in [0.3, 0.4) is 0 Å². The summed E-state index contributed by atoms with van der Waals surface area (Å²) in [6.45, 7) is 3.94. The molecule has 0 radical (unpaired) electrons. The highest BCUT2D eigenvalue weighted by atomic mass is 32.2. The van der Waals surface area contributed by atoms with Crippen LogP contribution in [0.4, 0.5) is 0 Å². The molecule has 2 aliphatic rings. The average molecular weight is 827 g/mol. The van der Waals surface area contributed by atoms with E-state index < -0.39 is 56.0 Å². The molecule has 0 aliphatic heterocycles. The van der Waals surface area contributed by atoms with Gasteiger partial charge in [0.25, 0.3) is 0 Å². The van der Waals surface area contributed by atoms with Gasteiger partial charge in [0.2, 0.25) is 20.0 Å². The Morgan fingerprint density at radius 2 is 1.05 bits per heavy atom. The fraction of sp³-hybridized carbons (Fsp3) is 0.300. The lowest BCUT2D eigenvalue weighted by molar-refractivity contribution is -0.147. The molecule has 4 aromatic heterocycles. The van der Waals surface area contributed by atoms with E-state index in [4.69, 9.17) is 9.47 Å². The third kappa shape index (κ3) is 6.74. The van der Waals surface area contributed by atoms with Crippen LogP contribution in [0.15, 0.2) is 85.5 Å². The second-order valence-corrected chi connectivity index (χ2v) is 18.3. The number of hydrogen-bond acceptors (Lipinski definition) is 12. The topological polar surface area (TPSA) is 201 Å². The van der Waals surface area contributed by atoms with Crippen LogP contribution in [-0.2, 0) is 52.2 Å². The van der Waals surface area contributed by atoms with Crippen LogP contribution < -0.4 is 0 Å². The SMILES string of the molecule is Cc1nccn1CC1CC(OC(=O)/C=C\C(=O)OC2CC(Cn3ccnc3C)C(=O)c3c2n(S(C)(=O)=O)c2ccccc32)c2c(c3ccccc3n2S(C)(=O)=O)C1=O. The molecule has 4 atom stereocenters. The van der Waals surface area contributed by atoms with Crippen molar-refractivity contribution >= 4 is 65.4 Å². The number of benzene rings is 2. The highest BCUT2D eigenvalue weighted by Gasteiger charge is 2.44. The zero-order chi connectivity index (χ0) is 41.3. The second-order valence-electron chi connectivity index (χ2n) is 14.6. The van der Waals surface area contributed by atoms with Gasteiger partial charge < -0.3 is 18.6 Å². The maximum Gasteiger partial charge on any atom is 0.331 e. The van der Waals surface area contributed by atoms with E-state index in [0.29, 0.717) is 22.4 Å². The second kappa shape index (κ2) is 14.4. The molecule has 0 amide bonds. The Labute approximate surface area is 332 Å². The molecular weight excluding hydrogens is 789 g/mol. The van der Waals surface area contributed by atoms with E-state index in [0.717, 1.165) is 32.6 Å². The Morgan fingerprint density at radius 1 is 0.672 bits per heavy atom. The first kappa shape index (κ1) is 38.7. The minimum absolute atomic E-state index is 0.00352. The number of Topliss-reactive ketones (excluding diaryl/α,β-unsaturated/α-hetero) is 2. The summed E-state index contributed by atoms with van der Waals surface area (Å²) in [4.78, 5) is 63.8. The quantitative estimate of drug-likeness (QED) is 0.139. The van der Waals surface area contributed by atoms with Gasteiger partial charge in [0.1, 0.15) is 23.9 Å². The molecule has 16 nitrogen and oxygen atoms in total. The highest BCUT2D eigenvalue weighted by molar-refractivity contribution is 7.89. The van der Waals surface area contributed by atoms with Crippen LogP contribution in [0.2, 0.25) is 0 Å². The Balaban J connectivity index is 1.11. The lowest BCUT2D eigenvalue weighted by Crippen LogP contribution is -2.33. The highest BCUT2D eigenvalue weighted by Crippen LogP contribution is 2.44. The third-order valence-corrected chi connectivity index (χ3v) is 12.9. The smallest absolute Gasteiger partial charge is 0.331 e. The van der Waals surface area contributed by atoms with Crippen molar-refractivity contribution in [3.05, 3.63) is 120 Å².